The minimum Gasteiger partial charge on any atom is -0.385 e. The minimum atomic E-state index is -0.960. The molecule has 2 aromatic rings. The van der Waals surface area contributed by atoms with Crippen LogP contribution in [0.2, 0.25) is 0 Å². The van der Waals surface area contributed by atoms with E-state index in [0.29, 0.717) is 30.5 Å². The Morgan fingerprint density at radius 3 is 2.50 bits per heavy atom. The van der Waals surface area contributed by atoms with Crippen molar-refractivity contribution in [3.63, 3.8) is 0 Å². The zero-order valence-corrected chi connectivity index (χ0v) is 13.7. The molecule has 2 aliphatic heterocycles. The Hall–Kier alpha value is -1.78. The van der Waals surface area contributed by atoms with Gasteiger partial charge in [0.2, 0.25) is 0 Å². The van der Waals surface area contributed by atoms with Gasteiger partial charge in [-0.25, -0.2) is 4.39 Å². The smallest absolute Gasteiger partial charge is 0.141 e. The molecule has 2 saturated heterocycles. The molecule has 24 heavy (non-hydrogen) atoms. The molecule has 4 heteroatoms. The molecule has 2 atom stereocenters. The predicted molar refractivity (Wildman–Crippen MR) is 90.7 cm³/mol. The predicted octanol–water partition coefficient (Wildman–Crippen LogP) is 3.63. The van der Waals surface area contributed by atoms with Crippen LogP contribution in [-0.2, 0) is 12.1 Å². The third-order valence-corrected chi connectivity index (χ3v) is 5.61. The second-order valence-electron chi connectivity index (χ2n) is 7.23. The van der Waals surface area contributed by atoms with Crippen LogP contribution in [0.5, 0.6) is 0 Å². The van der Waals surface area contributed by atoms with Crippen LogP contribution in [0, 0.1) is 5.82 Å². The summed E-state index contributed by atoms with van der Waals surface area (Å²) in [5.41, 5.74) is 0.976. The van der Waals surface area contributed by atoms with Crippen LogP contribution in [0.4, 0.5) is 4.39 Å². The molecule has 3 nitrogen and oxygen atoms in total. The van der Waals surface area contributed by atoms with Gasteiger partial charge in [0.05, 0.1) is 11.8 Å². The Balaban J connectivity index is 1.58. The fourth-order valence-corrected chi connectivity index (χ4v) is 4.47. The summed E-state index contributed by atoms with van der Waals surface area (Å²) in [6.45, 7) is 0.924. The average Bonchev–Trinajstić information content (AvgIpc) is 2.57. The molecule has 126 valence electrons. The number of hydrogen-bond donors (Lipinski definition) is 1. The second-order valence-corrected chi connectivity index (χ2v) is 7.23. The normalized spacial score (nSPS) is 30.2. The van der Waals surface area contributed by atoms with Gasteiger partial charge in [0.15, 0.2) is 0 Å². The van der Waals surface area contributed by atoms with Crippen molar-refractivity contribution in [1.82, 2.24) is 9.88 Å². The van der Waals surface area contributed by atoms with Crippen molar-refractivity contribution < 1.29 is 9.50 Å². The van der Waals surface area contributed by atoms with Crippen molar-refractivity contribution in [2.75, 3.05) is 0 Å². The highest BCUT2D eigenvalue weighted by atomic mass is 19.1. The fourth-order valence-electron chi connectivity index (χ4n) is 4.47. The molecular weight excluding hydrogens is 303 g/mol. The van der Waals surface area contributed by atoms with Crippen LogP contribution in [-0.4, -0.2) is 27.1 Å². The quantitative estimate of drug-likeness (QED) is 0.936. The average molecular weight is 326 g/mol. The Labute approximate surface area is 142 Å². The first-order valence-electron chi connectivity index (χ1n) is 8.77. The molecule has 0 spiro atoms. The third kappa shape index (κ3) is 2.96. The molecule has 0 amide bonds. The standard InChI is InChI=1S/C20H23FN2O/c21-17-9-16(12-22-13-17)20(24)10-18-7-4-8-19(11-20)23(18)14-15-5-2-1-3-6-15/h1-3,5-6,9,12-13,18-19,24H,4,7-8,10-11,14H2. The number of piperidine rings is 2. The van der Waals surface area contributed by atoms with E-state index in [1.54, 1.807) is 6.20 Å². The minimum absolute atomic E-state index is 0.339. The van der Waals surface area contributed by atoms with Crippen LogP contribution in [0.25, 0.3) is 0 Å². The van der Waals surface area contributed by atoms with E-state index in [-0.39, 0.29) is 5.82 Å². The van der Waals surface area contributed by atoms with Gasteiger partial charge in [-0.2, -0.15) is 0 Å². The van der Waals surface area contributed by atoms with Gasteiger partial charge >= 0.3 is 0 Å². The van der Waals surface area contributed by atoms with Gasteiger partial charge in [0.1, 0.15) is 5.82 Å². The fraction of sp³-hybridized carbons (Fsp3) is 0.450. The number of pyridine rings is 1. The molecule has 3 heterocycles. The van der Waals surface area contributed by atoms with Crippen LogP contribution in [0.15, 0.2) is 48.8 Å². The van der Waals surface area contributed by atoms with Crippen molar-refractivity contribution in [2.24, 2.45) is 0 Å². The lowest BCUT2D eigenvalue weighted by atomic mass is 9.72. The molecule has 2 unspecified atom stereocenters. The summed E-state index contributed by atoms with van der Waals surface area (Å²) in [4.78, 5) is 6.48. The maximum absolute atomic E-state index is 13.6. The summed E-state index contributed by atoms with van der Waals surface area (Å²) in [7, 11) is 0. The lowest BCUT2D eigenvalue weighted by Gasteiger charge is -2.52. The molecule has 0 radical (unpaired) electrons. The van der Waals surface area contributed by atoms with E-state index < -0.39 is 5.60 Å². The van der Waals surface area contributed by atoms with Gasteiger partial charge in [0.25, 0.3) is 0 Å². The monoisotopic (exact) mass is 326 g/mol. The zero-order valence-electron chi connectivity index (χ0n) is 13.7. The molecule has 1 N–H and O–H groups in total. The zero-order chi connectivity index (χ0) is 16.6. The first-order valence-corrected chi connectivity index (χ1v) is 8.77. The molecule has 0 aliphatic carbocycles. The van der Waals surface area contributed by atoms with E-state index in [1.165, 1.54) is 24.2 Å². The van der Waals surface area contributed by atoms with Crippen molar-refractivity contribution in [3.05, 3.63) is 65.7 Å². The van der Waals surface area contributed by atoms with Crippen LogP contribution >= 0.6 is 0 Å². The second kappa shape index (κ2) is 6.26. The summed E-state index contributed by atoms with van der Waals surface area (Å²) >= 11 is 0. The van der Waals surface area contributed by atoms with E-state index in [9.17, 15) is 9.50 Å². The number of aliphatic hydroxyl groups is 1. The molecule has 0 saturated carbocycles. The molecule has 2 bridgehead atoms. The largest absolute Gasteiger partial charge is 0.385 e. The highest BCUT2D eigenvalue weighted by Gasteiger charge is 2.46. The summed E-state index contributed by atoms with van der Waals surface area (Å²) in [6, 6.07) is 12.6. The summed E-state index contributed by atoms with van der Waals surface area (Å²) in [6.07, 6.45) is 7.51. The number of fused-ring (bicyclic) bond motifs is 2. The highest BCUT2D eigenvalue weighted by molar-refractivity contribution is 5.23. The topological polar surface area (TPSA) is 36.4 Å². The van der Waals surface area contributed by atoms with Gasteiger partial charge in [-0.3, -0.25) is 9.88 Å². The van der Waals surface area contributed by atoms with Gasteiger partial charge in [-0.05, 0) is 37.3 Å². The molecular formula is C20H23FN2O. The Morgan fingerprint density at radius 2 is 1.83 bits per heavy atom. The maximum Gasteiger partial charge on any atom is 0.141 e. The molecule has 2 aliphatic rings. The molecule has 1 aromatic carbocycles. The maximum atomic E-state index is 13.6. The van der Waals surface area contributed by atoms with Gasteiger partial charge < -0.3 is 5.11 Å². The van der Waals surface area contributed by atoms with Crippen molar-refractivity contribution in [2.45, 2.75) is 56.3 Å². The highest BCUT2D eigenvalue weighted by Crippen LogP contribution is 2.44. The number of benzene rings is 1. The third-order valence-electron chi connectivity index (χ3n) is 5.61. The lowest BCUT2D eigenvalue weighted by molar-refractivity contribution is -0.100. The summed E-state index contributed by atoms with van der Waals surface area (Å²) < 4.78 is 13.6. The first-order chi connectivity index (χ1) is 11.6. The first kappa shape index (κ1) is 15.7. The molecule has 1 aromatic heterocycles. The Morgan fingerprint density at radius 1 is 1.12 bits per heavy atom. The Kier molecular flexibility index (Phi) is 4.10. The van der Waals surface area contributed by atoms with E-state index in [4.69, 9.17) is 0 Å². The number of rotatable bonds is 3. The summed E-state index contributed by atoms with van der Waals surface area (Å²) in [5, 5.41) is 11.2. The molecule has 4 rings (SSSR count). The number of halogens is 1. The number of nitrogens with zero attached hydrogens (tertiary/aromatic N) is 2. The van der Waals surface area contributed by atoms with Crippen molar-refractivity contribution in [3.8, 4) is 0 Å². The van der Waals surface area contributed by atoms with E-state index in [1.807, 2.05) is 6.07 Å². The lowest BCUT2D eigenvalue weighted by Crippen LogP contribution is -2.56. The van der Waals surface area contributed by atoms with Gasteiger partial charge in [-0.1, -0.05) is 36.8 Å². The SMILES string of the molecule is OC1(c2cncc(F)c2)CC2CCCC(C1)N2Cc1ccccc1. The van der Waals surface area contributed by atoms with Crippen LogP contribution < -0.4 is 0 Å². The van der Waals surface area contributed by atoms with E-state index in [2.05, 4.69) is 34.1 Å². The van der Waals surface area contributed by atoms with Gasteiger partial charge in [-0.15, -0.1) is 0 Å². The molecule has 2 fully saturated rings. The van der Waals surface area contributed by atoms with Crippen LogP contribution in [0.3, 0.4) is 0 Å². The van der Waals surface area contributed by atoms with Gasteiger partial charge in [0, 0.05) is 30.4 Å². The number of aromatic nitrogens is 1. The number of hydrogen-bond acceptors (Lipinski definition) is 3. The van der Waals surface area contributed by atoms with Crippen molar-refractivity contribution >= 4 is 0 Å². The van der Waals surface area contributed by atoms with Crippen molar-refractivity contribution in [1.29, 1.82) is 0 Å². The van der Waals surface area contributed by atoms with E-state index in [0.717, 1.165) is 19.4 Å². The van der Waals surface area contributed by atoms with Crippen LogP contribution in [0.1, 0.15) is 43.2 Å². The van der Waals surface area contributed by atoms with E-state index >= 15 is 0 Å². The Bertz CT molecular complexity index is 692. The summed E-state index contributed by atoms with van der Waals surface area (Å²) in [5.74, 6) is -0.377.